The van der Waals surface area contributed by atoms with Gasteiger partial charge in [0, 0.05) is 36.4 Å². The molecule has 2 rings (SSSR count). The minimum absolute atomic E-state index is 0.0395. The molecule has 2 atom stereocenters. The number of rotatable bonds is 7. The van der Waals surface area contributed by atoms with Crippen LogP contribution in [0.2, 0.25) is 0 Å². The van der Waals surface area contributed by atoms with E-state index in [9.17, 15) is 4.79 Å². The van der Waals surface area contributed by atoms with Gasteiger partial charge in [-0.2, -0.15) is 0 Å². The zero-order chi connectivity index (χ0) is 15.8. The van der Waals surface area contributed by atoms with Gasteiger partial charge in [0.15, 0.2) is 0 Å². The maximum atomic E-state index is 12.2. The molecule has 1 fully saturated rings. The zero-order valence-electron chi connectivity index (χ0n) is 13.2. The minimum Gasteiger partial charge on any atom is -0.396 e. The second-order valence-electron chi connectivity index (χ2n) is 5.94. The Hall–Kier alpha value is -1.20. The summed E-state index contributed by atoms with van der Waals surface area (Å²) in [4.78, 5) is 15.4. The van der Waals surface area contributed by atoms with Crippen LogP contribution in [0.1, 0.15) is 26.2 Å². The first-order chi connectivity index (χ1) is 10.7. The van der Waals surface area contributed by atoms with Crippen molar-refractivity contribution in [3.8, 4) is 0 Å². The molecule has 0 spiro atoms. The van der Waals surface area contributed by atoms with Gasteiger partial charge >= 0.3 is 6.03 Å². The van der Waals surface area contributed by atoms with Crippen LogP contribution in [-0.2, 0) is 0 Å². The van der Waals surface area contributed by atoms with Gasteiger partial charge in [-0.05, 0) is 44.2 Å². The molecule has 22 heavy (non-hydrogen) atoms. The Balaban J connectivity index is 1.69. The molecule has 2 N–H and O–H groups in total. The van der Waals surface area contributed by atoms with E-state index in [1.807, 2.05) is 29.7 Å². The first-order valence-corrected chi connectivity index (χ1v) is 9.01. The number of urea groups is 1. The highest BCUT2D eigenvalue weighted by molar-refractivity contribution is 7.99. The normalized spacial score (nSPS) is 19.2. The fraction of sp³-hybridized carbons (Fsp3) is 0.588. The Labute approximate surface area is 137 Å². The largest absolute Gasteiger partial charge is 0.396 e. The zero-order valence-corrected chi connectivity index (χ0v) is 14.0. The molecule has 4 nitrogen and oxygen atoms in total. The molecule has 1 aliphatic rings. The van der Waals surface area contributed by atoms with Crippen molar-refractivity contribution in [1.29, 1.82) is 0 Å². The summed E-state index contributed by atoms with van der Waals surface area (Å²) in [5.41, 5.74) is 0. The summed E-state index contributed by atoms with van der Waals surface area (Å²) >= 11 is 1.87. The van der Waals surface area contributed by atoms with Crippen LogP contribution in [0.25, 0.3) is 0 Å². The number of nitrogens with one attached hydrogen (secondary N) is 1. The molecule has 0 bridgehead atoms. The molecule has 122 valence electrons. The van der Waals surface area contributed by atoms with Crippen molar-refractivity contribution >= 4 is 17.8 Å². The maximum Gasteiger partial charge on any atom is 0.317 e. The van der Waals surface area contributed by atoms with Crippen LogP contribution >= 0.6 is 11.8 Å². The fourth-order valence-corrected chi connectivity index (χ4v) is 3.71. The highest BCUT2D eigenvalue weighted by Gasteiger charge is 2.26. The summed E-state index contributed by atoms with van der Waals surface area (Å²) in [5.74, 6) is 1.64. The molecule has 1 saturated heterocycles. The van der Waals surface area contributed by atoms with E-state index < -0.39 is 0 Å². The third kappa shape index (κ3) is 5.54. The fourth-order valence-electron chi connectivity index (χ4n) is 2.66. The van der Waals surface area contributed by atoms with Gasteiger partial charge < -0.3 is 15.3 Å². The van der Waals surface area contributed by atoms with Gasteiger partial charge in [0.1, 0.15) is 0 Å². The molecule has 1 aliphatic heterocycles. The lowest BCUT2D eigenvalue weighted by molar-refractivity contribution is 0.202. The van der Waals surface area contributed by atoms with E-state index in [-0.39, 0.29) is 18.7 Å². The predicted molar refractivity (Wildman–Crippen MR) is 91.2 cm³/mol. The number of aliphatic hydroxyl groups is 1. The minimum atomic E-state index is 0.0395. The first-order valence-electron chi connectivity index (χ1n) is 8.03. The smallest absolute Gasteiger partial charge is 0.317 e. The Morgan fingerprint density at radius 1 is 1.45 bits per heavy atom. The molecular formula is C17H26N2O2S. The van der Waals surface area contributed by atoms with Crippen molar-refractivity contribution in [2.75, 3.05) is 25.4 Å². The average Bonchev–Trinajstić information content (AvgIpc) is 3.01. The van der Waals surface area contributed by atoms with Crippen molar-refractivity contribution in [3.05, 3.63) is 30.3 Å². The predicted octanol–water partition coefficient (Wildman–Crippen LogP) is 2.97. The third-order valence-corrected chi connectivity index (χ3v) is 5.21. The molecule has 0 saturated carbocycles. The van der Waals surface area contributed by atoms with Crippen LogP contribution in [0.4, 0.5) is 4.79 Å². The van der Waals surface area contributed by atoms with Gasteiger partial charge in [0.25, 0.3) is 0 Å². The summed E-state index contributed by atoms with van der Waals surface area (Å²) in [5, 5.41) is 11.8. The molecule has 2 amide bonds. The number of nitrogens with zero attached hydrogens (tertiary/aromatic N) is 1. The standard InChI is InChI=1S/C17H26N2O2S/c1-14(6-5-11-20)18-17(21)19-10-9-15(12-19)13-22-16-7-3-2-4-8-16/h2-4,7-8,14-15,20H,5-6,9-13H2,1H3,(H,18,21). The van der Waals surface area contributed by atoms with Crippen LogP contribution in [0.15, 0.2) is 35.2 Å². The molecule has 1 aromatic carbocycles. The summed E-state index contributed by atoms with van der Waals surface area (Å²) in [7, 11) is 0. The lowest BCUT2D eigenvalue weighted by Gasteiger charge is -2.21. The van der Waals surface area contributed by atoms with E-state index >= 15 is 0 Å². The van der Waals surface area contributed by atoms with Gasteiger partial charge in [0.2, 0.25) is 0 Å². The molecule has 1 aromatic rings. The lowest BCUT2D eigenvalue weighted by atomic mass is 10.2. The van der Waals surface area contributed by atoms with E-state index in [0.29, 0.717) is 5.92 Å². The van der Waals surface area contributed by atoms with Crippen molar-refractivity contribution in [3.63, 3.8) is 0 Å². The second kappa shape index (κ2) is 9.06. The van der Waals surface area contributed by atoms with Gasteiger partial charge in [-0.25, -0.2) is 4.79 Å². The topological polar surface area (TPSA) is 52.6 Å². The Morgan fingerprint density at radius 3 is 2.95 bits per heavy atom. The van der Waals surface area contributed by atoms with Crippen molar-refractivity contribution in [2.24, 2.45) is 5.92 Å². The molecule has 0 aromatic heterocycles. The Kier molecular flexibility index (Phi) is 7.06. The van der Waals surface area contributed by atoms with Crippen LogP contribution in [-0.4, -0.2) is 47.5 Å². The molecule has 0 radical (unpaired) electrons. The summed E-state index contributed by atoms with van der Waals surface area (Å²) < 4.78 is 0. The van der Waals surface area contributed by atoms with E-state index in [1.54, 1.807) is 0 Å². The first kappa shape index (κ1) is 17.2. The second-order valence-corrected chi connectivity index (χ2v) is 7.03. The number of hydrogen-bond acceptors (Lipinski definition) is 3. The van der Waals surface area contributed by atoms with E-state index in [1.165, 1.54) is 4.90 Å². The number of amides is 2. The van der Waals surface area contributed by atoms with Gasteiger partial charge in [0.05, 0.1) is 0 Å². The number of benzene rings is 1. The van der Waals surface area contributed by atoms with E-state index in [4.69, 9.17) is 5.11 Å². The van der Waals surface area contributed by atoms with Crippen LogP contribution < -0.4 is 5.32 Å². The Bertz CT molecular complexity index is 455. The monoisotopic (exact) mass is 322 g/mol. The number of hydrogen-bond donors (Lipinski definition) is 2. The summed E-state index contributed by atoms with van der Waals surface area (Å²) in [6.07, 6.45) is 2.64. The lowest BCUT2D eigenvalue weighted by Crippen LogP contribution is -2.42. The number of carbonyl (C=O) groups excluding carboxylic acids is 1. The maximum absolute atomic E-state index is 12.2. The summed E-state index contributed by atoms with van der Waals surface area (Å²) in [6, 6.07) is 10.6. The summed E-state index contributed by atoms with van der Waals surface area (Å²) in [6.45, 7) is 3.87. The number of thioether (sulfide) groups is 1. The highest BCUT2D eigenvalue weighted by atomic mass is 32.2. The van der Waals surface area contributed by atoms with Crippen LogP contribution in [0.3, 0.4) is 0 Å². The van der Waals surface area contributed by atoms with Gasteiger partial charge in [-0.3, -0.25) is 0 Å². The average molecular weight is 322 g/mol. The molecular weight excluding hydrogens is 296 g/mol. The Morgan fingerprint density at radius 2 is 2.23 bits per heavy atom. The van der Waals surface area contributed by atoms with E-state index in [2.05, 4.69) is 29.6 Å². The quantitative estimate of drug-likeness (QED) is 0.759. The van der Waals surface area contributed by atoms with Crippen LogP contribution in [0, 0.1) is 5.92 Å². The number of carbonyl (C=O) groups is 1. The van der Waals surface area contributed by atoms with Gasteiger partial charge in [-0.15, -0.1) is 11.8 Å². The molecule has 5 heteroatoms. The van der Waals surface area contributed by atoms with Gasteiger partial charge in [-0.1, -0.05) is 18.2 Å². The third-order valence-electron chi connectivity index (χ3n) is 3.97. The van der Waals surface area contributed by atoms with Crippen LogP contribution in [0.5, 0.6) is 0 Å². The number of aliphatic hydroxyl groups excluding tert-OH is 1. The molecule has 2 unspecified atom stereocenters. The van der Waals surface area contributed by atoms with E-state index in [0.717, 1.165) is 38.1 Å². The SMILES string of the molecule is CC(CCCO)NC(=O)N1CCC(CSc2ccccc2)C1. The molecule has 0 aliphatic carbocycles. The van der Waals surface area contributed by atoms with Crippen molar-refractivity contribution < 1.29 is 9.90 Å². The van der Waals surface area contributed by atoms with Crippen molar-refractivity contribution in [2.45, 2.75) is 37.1 Å². The van der Waals surface area contributed by atoms with Crippen molar-refractivity contribution in [1.82, 2.24) is 10.2 Å². The number of likely N-dealkylation sites (tertiary alicyclic amines) is 1. The molecule has 1 heterocycles. The highest BCUT2D eigenvalue weighted by Crippen LogP contribution is 2.25.